The Labute approximate surface area is 151 Å². The van der Waals surface area contributed by atoms with E-state index in [4.69, 9.17) is 28.0 Å². The second-order valence-corrected chi connectivity index (χ2v) is 3.30. The zero-order valence-corrected chi connectivity index (χ0v) is 11.1. The van der Waals surface area contributed by atoms with Gasteiger partial charge in [-0.15, -0.1) is 0 Å². The van der Waals surface area contributed by atoms with Gasteiger partial charge in [-0.3, -0.25) is 0 Å². The van der Waals surface area contributed by atoms with Gasteiger partial charge in [0.05, 0.1) is 34.0 Å². The molecule has 0 aliphatic rings. The van der Waals surface area contributed by atoms with Crippen LogP contribution in [0.3, 0.4) is 0 Å². The lowest BCUT2D eigenvalue weighted by Crippen LogP contribution is -3.00. The molecule has 2 nitrogen and oxygen atoms in total. The average Bonchev–Trinajstić information content (AvgIpc) is 2.74. The quantitative estimate of drug-likeness (QED) is 0.779. The first-order valence-electron chi connectivity index (χ1n) is 13.7. The maximum absolute atomic E-state index is 8.94. The molecule has 2 aromatic carbocycles. The Hall–Kier alpha value is -1.51. The van der Waals surface area contributed by atoms with E-state index in [0.29, 0.717) is 0 Å². The van der Waals surface area contributed by atoms with Gasteiger partial charge in [-0.1, -0.05) is 48.3 Å². The normalized spacial score (nSPS) is 27.4. The monoisotopic (exact) mass is 308 g/mol. The summed E-state index contributed by atoms with van der Waals surface area (Å²) in [5.41, 5.74) is -1.55. The van der Waals surface area contributed by atoms with Crippen molar-refractivity contribution >= 4 is 0 Å². The third-order valence-corrected chi connectivity index (χ3v) is 2.02. The number of hydrogen-bond donors (Lipinski definition) is 1. The Balaban J connectivity index is 0.00000684. The fraction of sp³-hybridized carbons (Fsp3) is 0.294. The molecule has 0 saturated carbocycles. The number of benzene rings is 2. The van der Waals surface area contributed by atoms with Gasteiger partial charge in [0.25, 0.3) is 0 Å². The van der Waals surface area contributed by atoms with Crippen LogP contribution in [0.4, 0.5) is 0 Å². The average molecular weight is 309 g/mol. The molecule has 0 fully saturated rings. The van der Waals surface area contributed by atoms with E-state index in [-0.39, 0.29) is 23.3 Å². The third-order valence-electron chi connectivity index (χ3n) is 2.02. The van der Waals surface area contributed by atoms with E-state index in [1.54, 1.807) is 0 Å². The lowest BCUT2D eigenvalue weighted by Gasteiger charge is -2.20. The van der Waals surface area contributed by atoms with Crippen molar-refractivity contribution in [3.05, 3.63) is 65.5 Å². The second-order valence-electron chi connectivity index (χ2n) is 3.30. The van der Waals surface area contributed by atoms with Crippen molar-refractivity contribution in [1.82, 2.24) is 0 Å². The Morgan fingerprint density at radius 1 is 1.25 bits per heavy atom. The number of ether oxygens (including phenoxy) is 1. The van der Waals surface area contributed by atoms with Crippen LogP contribution in [0.5, 0.6) is 5.75 Å². The molecule has 0 saturated heterocycles. The minimum atomic E-state index is -3.81. The SMILES string of the molecule is [2H]c1c([2H])c([2H])c(C([2H])(Oc2c([2H])c([2H])c([2H])c([2H])c2C)C([2H])([2H])C([2H])([2H])[NH2+]C([2H])([2H])[2H])c([2H])c1[2H].[Cl-]. The number of rotatable bonds is 6. The summed E-state index contributed by atoms with van der Waals surface area (Å²) in [5, 5.41) is -0.0326. The van der Waals surface area contributed by atoms with Gasteiger partial charge in [0.1, 0.15) is 11.8 Å². The standard InChI is InChI=1S/C17H21NO.ClH/c1-14-8-6-7-11-16(14)19-17(12-13-18-2)15-9-4-3-5-10-15;/h3-11,17-18H,12-13H2,1-2H3;1H/i2D3,3D,4D,5D,6D,7D,8D,9D,10D,11D,12D2,13D2,17D;. The summed E-state index contributed by atoms with van der Waals surface area (Å²) >= 11 is 0. The lowest BCUT2D eigenvalue weighted by atomic mass is 10.1. The van der Waals surface area contributed by atoms with Crippen LogP contribution >= 0.6 is 0 Å². The highest BCUT2D eigenvalue weighted by atomic mass is 35.5. The summed E-state index contributed by atoms with van der Waals surface area (Å²) < 4.78 is 141. The second kappa shape index (κ2) is 8.62. The van der Waals surface area contributed by atoms with Crippen LogP contribution in [0.15, 0.2) is 54.4 Å². The fourth-order valence-electron chi connectivity index (χ4n) is 1.17. The molecule has 0 heterocycles. The first-order chi connectivity index (χ1) is 16.0. The molecule has 1 unspecified atom stereocenters. The summed E-state index contributed by atoms with van der Waals surface area (Å²) in [7, 11) is 0. The summed E-state index contributed by atoms with van der Waals surface area (Å²) in [6.45, 7) is -5.60. The van der Waals surface area contributed by atoms with E-state index >= 15 is 0 Å². The number of halogens is 1. The predicted molar refractivity (Wildman–Crippen MR) is 78.3 cm³/mol. The van der Waals surface area contributed by atoms with Gasteiger partial charge in [-0.25, -0.2) is 0 Å². The zero-order chi connectivity index (χ0) is 28.3. The number of para-hydroxylation sites is 1. The van der Waals surface area contributed by atoms with Crippen LogP contribution in [0.2, 0.25) is 0 Å². The van der Waals surface area contributed by atoms with Gasteiger partial charge in [0.2, 0.25) is 0 Å². The van der Waals surface area contributed by atoms with E-state index in [1.165, 1.54) is 0 Å². The third kappa shape index (κ3) is 4.55. The molecule has 20 heavy (non-hydrogen) atoms. The number of nitrogens with two attached hydrogens (primary N) is 1. The first-order valence-corrected chi connectivity index (χ1v) is 5.24. The molecule has 0 aliphatic carbocycles. The van der Waals surface area contributed by atoms with Crippen molar-refractivity contribution in [3.63, 3.8) is 0 Å². The van der Waals surface area contributed by atoms with Crippen LogP contribution in [0.25, 0.3) is 0 Å². The van der Waals surface area contributed by atoms with Crippen molar-refractivity contribution in [2.75, 3.05) is 13.5 Å². The van der Waals surface area contributed by atoms with Crippen molar-refractivity contribution in [2.24, 2.45) is 0 Å². The fourth-order valence-corrected chi connectivity index (χ4v) is 1.17. The van der Waals surface area contributed by atoms with Gasteiger partial charge in [0.15, 0.2) is 0 Å². The van der Waals surface area contributed by atoms with E-state index in [9.17, 15) is 0 Å². The lowest BCUT2D eigenvalue weighted by molar-refractivity contribution is -0.628. The molecular formula is C17H22ClNO. The van der Waals surface area contributed by atoms with Crippen LogP contribution in [-0.2, 0) is 0 Å². The molecule has 0 aromatic heterocycles. The van der Waals surface area contributed by atoms with E-state index in [1.807, 2.05) is 0 Å². The van der Waals surface area contributed by atoms with Crippen LogP contribution < -0.4 is 22.5 Å². The van der Waals surface area contributed by atoms with Gasteiger partial charge >= 0.3 is 0 Å². The van der Waals surface area contributed by atoms with Crippen LogP contribution in [-0.4, -0.2) is 13.5 Å². The van der Waals surface area contributed by atoms with Crippen molar-refractivity contribution in [1.29, 1.82) is 0 Å². The largest absolute Gasteiger partial charge is 1.00 e. The molecule has 0 aliphatic heterocycles. The predicted octanol–water partition coefficient (Wildman–Crippen LogP) is -0.298. The molecule has 1 atom stereocenters. The van der Waals surface area contributed by atoms with Crippen LogP contribution in [0.1, 0.15) is 46.9 Å². The molecule has 2 N–H and O–H groups in total. The highest BCUT2D eigenvalue weighted by molar-refractivity contribution is 5.32. The van der Waals surface area contributed by atoms with Crippen LogP contribution in [0, 0.1) is 6.92 Å². The molecule has 0 bridgehead atoms. The van der Waals surface area contributed by atoms with Crippen molar-refractivity contribution in [3.8, 4) is 5.75 Å². The zero-order valence-electron chi connectivity index (χ0n) is 27.4. The Bertz CT molecular complexity index is 1160. The van der Waals surface area contributed by atoms with E-state index in [2.05, 4.69) is 0 Å². The minimum Gasteiger partial charge on any atom is -1.00 e. The molecule has 108 valence electrons. The van der Waals surface area contributed by atoms with Gasteiger partial charge in [0, 0.05) is 9.11 Å². The van der Waals surface area contributed by atoms with E-state index in [0.717, 1.165) is 6.92 Å². The van der Waals surface area contributed by atoms with E-state index < -0.39 is 91.6 Å². The Kier molecular flexibility index (Phi) is 1.94. The minimum absolute atomic E-state index is 0. The highest BCUT2D eigenvalue weighted by Crippen LogP contribution is 2.26. The highest BCUT2D eigenvalue weighted by Gasteiger charge is 2.14. The molecular weight excluding hydrogens is 270 g/mol. The first kappa shape index (κ1) is 4.49. The topological polar surface area (TPSA) is 25.8 Å². The van der Waals surface area contributed by atoms with Gasteiger partial charge in [-0.2, -0.15) is 0 Å². The van der Waals surface area contributed by atoms with Gasteiger partial charge in [-0.05, 0) is 24.1 Å². The maximum Gasteiger partial charge on any atom is 0.129 e. The molecule has 2 aromatic rings. The Morgan fingerprint density at radius 2 is 1.95 bits per heavy atom. The Morgan fingerprint density at radius 3 is 2.70 bits per heavy atom. The molecule has 3 heteroatoms. The number of quaternary nitrogens is 1. The number of hydrogen-bond acceptors (Lipinski definition) is 1. The maximum atomic E-state index is 8.94. The molecule has 0 spiro atoms. The summed E-state index contributed by atoms with van der Waals surface area (Å²) in [5.74, 6) is -0.851. The summed E-state index contributed by atoms with van der Waals surface area (Å²) in [4.78, 5) is 0. The molecule has 0 amide bonds. The molecule has 2 rings (SSSR count). The van der Waals surface area contributed by atoms with Crippen molar-refractivity contribution in [2.45, 2.75) is 19.4 Å². The smallest absolute Gasteiger partial charge is 0.129 e. The molecule has 0 radical (unpaired) electrons. The van der Waals surface area contributed by atoms with Gasteiger partial charge < -0.3 is 22.5 Å². The van der Waals surface area contributed by atoms with Crippen molar-refractivity contribution < 1.29 is 45.8 Å². The summed E-state index contributed by atoms with van der Waals surface area (Å²) in [6, 6.07) is -8.36. The summed E-state index contributed by atoms with van der Waals surface area (Å²) in [6.07, 6.45) is -7.47.